The van der Waals surface area contributed by atoms with Gasteiger partial charge in [0, 0.05) is 5.69 Å². The average molecular weight is 276 g/mol. The first-order valence-corrected chi connectivity index (χ1v) is 6.92. The molecule has 0 aromatic heterocycles. The number of aliphatic hydroxyl groups is 1. The lowest BCUT2D eigenvalue weighted by Crippen LogP contribution is -2.45. The standard InChI is InChI=1S/C15H20N2O3/c1-10(14(19)17-11-6-3-2-4-7-11)16-15(20)12-8-5-9-13(12)18/h2-4,6-7,10,12-13,18H,5,8-9H2,1H3,(H,16,20)(H,17,19). The maximum atomic E-state index is 12.0. The molecule has 3 N–H and O–H groups in total. The largest absolute Gasteiger partial charge is 0.392 e. The topological polar surface area (TPSA) is 78.4 Å². The van der Waals surface area contributed by atoms with Crippen LogP contribution in [0.1, 0.15) is 26.2 Å². The summed E-state index contributed by atoms with van der Waals surface area (Å²) < 4.78 is 0. The zero-order valence-corrected chi connectivity index (χ0v) is 11.5. The Bertz CT molecular complexity index is 475. The second kappa shape index (κ2) is 6.52. The van der Waals surface area contributed by atoms with E-state index in [1.807, 2.05) is 18.2 Å². The molecule has 5 heteroatoms. The van der Waals surface area contributed by atoms with Gasteiger partial charge in [-0.1, -0.05) is 18.2 Å². The Kier molecular flexibility index (Phi) is 4.74. The molecule has 3 atom stereocenters. The highest BCUT2D eigenvalue weighted by Crippen LogP contribution is 2.25. The number of nitrogens with one attached hydrogen (secondary N) is 2. The highest BCUT2D eigenvalue weighted by molar-refractivity contribution is 5.97. The van der Waals surface area contributed by atoms with Gasteiger partial charge in [-0.3, -0.25) is 9.59 Å². The van der Waals surface area contributed by atoms with Gasteiger partial charge in [-0.05, 0) is 38.3 Å². The van der Waals surface area contributed by atoms with Crippen LogP contribution in [0.4, 0.5) is 5.69 Å². The Balaban J connectivity index is 1.86. The Morgan fingerprint density at radius 1 is 1.25 bits per heavy atom. The number of amides is 2. The fourth-order valence-electron chi connectivity index (χ4n) is 2.40. The number of rotatable bonds is 4. The first-order chi connectivity index (χ1) is 9.58. The van der Waals surface area contributed by atoms with Gasteiger partial charge in [0.25, 0.3) is 0 Å². The van der Waals surface area contributed by atoms with E-state index >= 15 is 0 Å². The first-order valence-electron chi connectivity index (χ1n) is 6.92. The molecule has 1 aromatic rings. The molecule has 2 amide bonds. The molecule has 0 saturated heterocycles. The van der Waals surface area contributed by atoms with Crippen LogP contribution in [-0.4, -0.2) is 29.1 Å². The molecule has 1 aliphatic carbocycles. The van der Waals surface area contributed by atoms with E-state index < -0.39 is 12.1 Å². The lowest BCUT2D eigenvalue weighted by molar-refractivity contribution is -0.131. The minimum Gasteiger partial charge on any atom is -0.392 e. The van der Waals surface area contributed by atoms with Crippen molar-refractivity contribution < 1.29 is 14.7 Å². The van der Waals surface area contributed by atoms with Crippen LogP contribution in [0.15, 0.2) is 30.3 Å². The highest BCUT2D eigenvalue weighted by atomic mass is 16.3. The molecule has 3 unspecified atom stereocenters. The number of anilines is 1. The van der Waals surface area contributed by atoms with E-state index in [2.05, 4.69) is 10.6 Å². The minimum absolute atomic E-state index is 0.245. The summed E-state index contributed by atoms with van der Waals surface area (Å²) >= 11 is 0. The van der Waals surface area contributed by atoms with E-state index in [1.54, 1.807) is 19.1 Å². The second-order valence-corrected chi connectivity index (χ2v) is 5.19. The quantitative estimate of drug-likeness (QED) is 0.775. The monoisotopic (exact) mass is 276 g/mol. The van der Waals surface area contributed by atoms with Crippen molar-refractivity contribution in [1.29, 1.82) is 0 Å². The minimum atomic E-state index is -0.629. The summed E-state index contributed by atoms with van der Waals surface area (Å²) in [6.45, 7) is 1.64. The fourth-order valence-corrected chi connectivity index (χ4v) is 2.40. The molecule has 0 heterocycles. The van der Waals surface area contributed by atoms with Crippen LogP contribution in [0.5, 0.6) is 0 Å². The molecule has 1 saturated carbocycles. The zero-order chi connectivity index (χ0) is 14.5. The molecule has 108 valence electrons. The maximum absolute atomic E-state index is 12.0. The molecular weight excluding hydrogens is 256 g/mol. The molecule has 5 nitrogen and oxygen atoms in total. The Morgan fingerprint density at radius 2 is 1.95 bits per heavy atom. The third-order valence-electron chi connectivity index (χ3n) is 3.61. The van der Waals surface area contributed by atoms with Crippen LogP contribution >= 0.6 is 0 Å². The van der Waals surface area contributed by atoms with Crippen LogP contribution in [0, 0.1) is 5.92 Å². The van der Waals surface area contributed by atoms with Crippen molar-refractivity contribution in [1.82, 2.24) is 5.32 Å². The highest BCUT2D eigenvalue weighted by Gasteiger charge is 2.32. The Hall–Kier alpha value is -1.88. The molecule has 0 radical (unpaired) electrons. The summed E-state index contributed by atoms with van der Waals surface area (Å²) in [4.78, 5) is 23.9. The predicted molar refractivity (Wildman–Crippen MR) is 76.0 cm³/mol. The number of benzene rings is 1. The number of para-hydroxylation sites is 1. The molecule has 20 heavy (non-hydrogen) atoms. The molecule has 0 bridgehead atoms. The third kappa shape index (κ3) is 3.57. The number of carbonyl (C=O) groups excluding carboxylic acids is 2. The fraction of sp³-hybridized carbons (Fsp3) is 0.467. The Labute approximate surface area is 118 Å². The van der Waals surface area contributed by atoms with Crippen LogP contribution < -0.4 is 10.6 Å². The van der Waals surface area contributed by atoms with E-state index in [1.165, 1.54) is 0 Å². The van der Waals surface area contributed by atoms with Gasteiger partial charge in [-0.25, -0.2) is 0 Å². The van der Waals surface area contributed by atoms with Gasteiger partial charge in [0.05, 0.1) is 12.0 Å². The summed E-state index contributed by atoms with van der Waals surface area (Å²) in [5, 5.41) is 15.1. The third-order valence-corrected chi connectivity index (χ3v) is 3.61. The SMILES string of the molecule is CC(NC(=O)C1CCCC1O)C(=O)Nc1ccccc1. The summed E-state index contributed by atoms with van der Waals surface area (Å²) in [7, 11) is 0. The molecule has 2 rings (SSSR count). The van der Waals surface area contributed by atoms with Gasteiger partial charge >= 0.3 is 0 Å². The van der Waals surface area contributed by atoms with Crippen molar-refractivity contribution in [2.75, 3.05) is 5.32 Å². The Morgan fingerprint density at radius 3 is 2.55 bits per heavy atom. The second-order valence-electron chi connectivity index (χ2n) is 5.19. The normalized spacial score (nSPS) is 23.1. The van der Waals surface area contributed by atoms with E-state index in [0.29, 0.717) is 18.5 Å². The average Bonchev–Trinajstić information content (AvgIpc) is 2.86. The van der Waals surface area contributed by atoms with Crippen molar-refractivity contribution in [2.45, 2.75) is 38.3 Å². The van der Waals surface area contributed by atoms with Crippen molar-refractivity contribution in [2.24, 2.45) is 5.92 Å². The molecular formula is C15H20N2O3. The maximum Gasteiger partial charge on any atom is 0.246 e. The van der Waals surface area contributed by atoms with Gasteiger partial charge in [0.1, 0.15) is 6.04 Å². The summed E-state index contributed by atoms with van der Waals surface area (Å²) in [6.07, 6.45) is 1.60. The van der Waals surface area contributed by atoms with Crippen LogP contribution in [-0.2, 0) is 9.59 Å². The predicted octanol–water partition coefficient (Wildman–Crippen LogP) is 1.29. The van der Waals surface area contributed by atoms with Crippen molar-refractivity contribution >= 4 is 17.5 Å². The van der Waals surface area contributed by atoms with Crippen LogP contribution in [0.3, 0.4) is 0 Å². The number of carbonyl (C=O) groups is 2. The zero-order valence-electron chi connectivity index (χ0n) is 11.5. The smallest absolute Gasteiger partial charge is 0.246 e. The lowest BCUT2D eigenvalue weighted by Gasteiger charge is -2.18. The molecule has 1 aliphatic rings. The van der Waals surface area contributed by atoms with E-state index in [4.69, 9.17) is 0 Å². The molecule has 0 aliphatic heterocycles. The van der Waals surface area contributed by atoms with Crippen molar-refractivity contribution in [3.8, 4) is 0 Å². The first kappa shape index (κ1) is 14.5. The van der Waals surface area contributed by atoms with Gasteiger partial charge in [0.15, 0.2) is 0 Å². The van der Waals surface area contributed by atoms with Gasteiger partial charge in [-0.15, -0.1) is 0 Å². The summed E-state index contributed by atoms with van der Waals surface area (Å²) in [5.74, 6) is -0.898. The van der Waals surface area contributed by atoms with Crippen molar-refractivity contribution in [3.05, 3.63) is 30.3 Å². The van der Waals surface area contributed by atoms with Crippen molar-refractivity contribution in [3.63, 3.8) is 0 Å². The van der Waals surface area contributed by atoms with Gasteiger partial charge in [-0.2, -0.15) is 0 Å². The molecule has 0 spiro atoms. The lowest BCUT2D eigenvalue weighted by atomic mass is 10.0. The van der Waals surface area contributed by atoms with Crippen LogP contribution in [0.25, 0.3) is 0 Å². The number of aliphatic hydroxyl groups excluding tert-OH is 1. The number of hydrogen-bond acceptors (Lipinski definition) is 3. The summed E-state index contributed by atoms with van der Waals surface area (Å²) in [5.41, 5.74) is 0.694. The summed E-state index contributed by atoms with van der Waals surface area (Å²) in [6, 6.07) is 8.46. The molecule has 1 fully saturated rings. The van der Waals surface area contributed by atoms with Gasteiger partial charge < -0.3 is 15.7 Å². The van der Waals surface area contributed by atoms with Crippen LogP contribution in [0.2, 0.25) is 0 Å². The van der Waals surface area contributed by atoms with Gasteiger partial charge in [0.2, 0.25) is 11.8 Å². The van der Waals surface area contributed by atoms with E-state index in [-0.39, 0.29) is 17.7 Å². The molecule has 1 aromatic carbocycles. The van der Waals surface area contributed by atoms with E-state index in [9.17, 15) is 14.7 Å². The van der Waals surface area contributed by atoms with E-state index in [0.717, 1.165) is 6.42 Å². The number of hydrogen-bond donors (Lipinski definition) is 3.